The van der Waals surface area contributed by atoms with Gasteiger partial charge in [-0.15, -0.1) is 0 Å². The van der Waals surface area contributed by atoms with Crippen LogP contribution in [0.15, 0.2) is 17.0 Å². The Balaban J connectivity index is 3.32. The quantitative estimate of drug-likeness (QED) is 0.870. The number of nitrogens with one attached hydrogen (secondary N) is 1. The van der Waals surface area contributed by atoms with Crippen LogP contribution in [0.25, 0.3) is 0 Å². The van der Waals surface area contributed by atoms with Gasteiger partial charge in [0.1, 0.15) is 17.5 Å². The highest BCUT2D eigenvalue weighted by atomic mass is 32.2. The Morgan fingerprint density at radius 3 is 2.05 bits per heavy atom. The number of benzene rings is 1. The third kappa shape index (κ3) is 3.31. The molecule has 0 aliphatic heterocycles. The molecule has 1 unspecified atom stereocenters. The number of hydrogen-bond donors (Lipinski definition) is 2. The topological polar surface area (TPSA) is 72.2 Å². The van der Waals surface area contributed by atoms with E-state index < -0.39 is 37.9 Å². The molecule has 0 aromatic heterocycles. The lowest BCUT2D eigenvalue weighted by Gasteiger charge is -2.33. The smallest absolute Gasteiger partial charge is 0.246 e. The first-order valence-electron chi connectivity index (χ1n) is 5.92. The highest BCUT2D eigenvalue weighted by Crippen LogP contribution is 2.24. The molecule has 0 radical (unpaired) electrons. The fourth-order valence-electron chi connectivity index (χ4n) is 1.54. The van der Waals surface area contributed by atoms with Crippen molar-refractivity contribution in [1.82, 2.24) is 4.72 Å². The molecule has 0 aliphatic carbocycles. The molecule has 3 N–H and O–H groups in total. The van der Waals surface area contributed by atoms with E-state index in [4.69, 9.17) is 5.73 Å². The summed E-state index contributed by atoms with van der Waals surface area (Å²) in [6.45, 7) is 4.89. The number of halogens is 3. The second-order valence-electron chi connectivity index (χ2n) is 5.08. The largest absolute Gasteiger partial charge is 0.329 e. The van der Waals surface area contributed by atoms with Crippen molar-refractivity contribution >= 4 is 10.0 Å². The standard InChI is InChI=1S/C12H17F3N2O2S/c1-7(2)12(3,6-16)17-20(18,19)11-9(14)4-8(13)5-10(11)15/h4-5,7,17H,6,16H2,1-3H3. The summed E-state index contributed by atoms with van der Waals surface area (Å²) in [5, 5.41) is 0. The first-order valence-corrected chi connectivity index (χ1v) is 7.40. The summed E-state index contributed by atoms with van der Waals surface area (Å²) in [4.78, 5) is -1.21. The monoisotopic (exact) mass is 310 g/mol. The van der Waals surface area contributed by atoms with Gasteiger partial charge < -0.3 is 5.73 Å². The SMILES string of the molecule is CC(C)C(C)(CN)NS(=O)(=O)c1c(F)cc(F)cc1F. The Bertz CT molecular complexity index is 582. The van der Waals surface area contributed by atoms with Crippen LogP contribution in [0.4, 0.5) is 13.2 Å². The van der Waals surface area contributed by atoms with Crippen molar-refractivity contribution in [2.75, 3.05) is 6.54 Å². The van der Waals surface area contributed by atoms with Gasteiger partial charge in [-0.25, -0.2) is 26.3 Å². The van der Waals surface area contributed by atoms with Gasteiger partial charge >= 0.3 is 0 Å². The summed E-state index contributed by atoms with van der Waals surface area (Å²) in [6, 6.07) is 0.625. The average Bonchev–Trinajstić information content (AvgIpc) is 2.25. The minimum absolute atomic E-state index is 0.0612. The molecule has 1 aromatic rings. The van der Waals surface area contributed by atoms with Crippen LogP contribution in [-0.4, -0.2) is 20.5 Å². The van der Waals surface area contributed by atoms with Gasteiger partial charge in [-0.3, -0.25) is 0 Å². The lowest BCUT2D eigenvalue weighted by Crippen LogP contribution is -2.55. The van der Waals surface area contributed by atoms with Gasteiger partial charge in [0.25, 0.3) is 0 Å². The summed E-state index contributed by atoms with van der Waals surface area (Å²) in [5.41, 5.74) is 4.44. The molecule has 0 saturated heterocycles. The fraction of sp³-hybridized carbons (Fsp3) is 0.500. The summed E-state index contributed by atoms with van der Waals surface area (Å²) < 4.78 is 66.3. The van der Waals surface area contributed by atoms with Gasteiger partial charge in [0.15, 0.2) is 4.90 Å². The molecular formula is C12H17F3N2O2S. The maximum atomic E-state index is 13.6. The maximum absolute atomic E-state index is 13.6. The zero-order valence-electron chi connectivity index (χ0n) is 11.4. The molecule has 0 heterocycles. The van der Waals surface area contributed by atoms with Crippen LogP contribution >= 0.6 is 0 Å². The van der Waals surface area contributed by atoms with Crippen molar-refractivity contribution in [2.45, 2.75) is 31.2 Å². The van der Waals surface area contributed by atoms with Crippen molar-refractivity contribution in [3.05, 3.63) is 29.6 Å². The molecule has 0 saturated carbocycles. The first-order chi connectivity index (χ1) is 9.03. The number of hydrogen-bond acceptors (Lipinski definition) is 3. The van der Waals surface area contributed by atoms with Crippen LogP contribution in [0.1, 0.15) is 20.8 Å². The Kier molecular flexibility index (Phi) is 4.83. The van der Waals surface area contributed by atoms with Crippen molar-refractivity contribution in [3.8, 4) is 0 Å². The van der Waals surface area contributed by atoms with Crippen LogP contribution in [0.3, 0.4) is 0 Å². The van der Waals surface area contributed by atoms with Crippen LogP contribution in [-0.2, 0) is 10.0 Å². The fourth-order valence-corrected chi connectivity index (χ4v) is 3.21. The normalized spacial score (nSPS) is 15.4. The second-order valence-corrected chi connectivity index (χ2v) is 6.70. The molecule has 4 nitrogen and oxygen atoms in total. The van der Waals surface area contributed by atoms with Crippen molar-refractivity contribution in [1.29, 1.82) is 0 Å². The van der Waals surface area contributed by atoms with Crippen molar-refractivity contribution in [3.63, 3.8) is 0 Å². The summed E-state index contributed by atoms with van der Waals surface area (Å²) in [7, 11) is -4.50. The maximum Gasteiger partial charge on any atom is 0.246 e. The van der Waals surface area contributed by atoms with E-state index in [1.54, 1.807) is 13.8 Å². The molecule has 1 rings (SSSR count). The summed E-state index contributed by atoms with van der Waals surface area (Å²) >= 11 is 0. The van der Waals surface area contributed by atoms with E-state index in [1.165, 1.54) is 6.92 Å². The zero-order chi connectivity index (χ0) is 15.7. The molecule has 0 spiro atoms. The molecule has 0 fully saturated rings. The molecule has 20 heavy (non-hydrogen) atoms. The Hall–Kier alpha value is -1.12. The van der Waals surface area contributed by atoms with Gasteiger partial charge in [0.2, 0.25) is 10.0 Å². The average molecular weight is 310 g/mol. The van der Waals surface area contributed by atoms with Crippen molar-refractivity contribution in [2.24, 2.45) is 11.7 Å². The van der Waals surface area contributed by atoms with E-state index in [-0.39, 0.29) is 12.5 Å². The predicted molar refractivity (Wildman–Crippen MR) is 68.9 cm³/mol. The summed E-state index contributed by atoms with van der Waals surface area (Å²) in [5.74, 6) is -4.38. The second kappa shape index (κ2) is 5.71. The molecule has 1 aromatic carbocycles. The first kappa shape index (κ1) is 16.9. The predicted octanol–water partition coefficient (Wildman–Crippen LogP) is 1.76. The van der Waals surface area contributed by atoms with E-state index in [0.29, 0.717) is 12.1 Å². The summed E-state index contributed by atoms with van der Waals surface area (Å²) in [6.07, 6.45) is 0. The number of rotatable bonds is 5. The molecular weight excluding hydrogens is 293 g/mol. The third-order valence-corrected chi connectivity index (χ3v) is 4.96. The highest BCUT2D eigenvalue weighted by molar-refractivity contribution is 7.89. The lowest BCUT2D eigenvalue weighted by atomic mass is 9.90. The Morgan fingerprint density at radius 2 is 1.70 bits per heavy atom. The molecule has 1 atom stereocenters. The minimum Gasteiger partial charge on any atom is -0.329 e. The van der Waals surface area contributed by atoms with Gasteiger partial charge in [-0.05, 0) is 12.8 Å². The Labute approximate surface area is 116 Å². The highest BCUT2D eigenvalue weighted by Gasteiger charge is 2.35. The number of sulfonamides is 1. The molecule has 0 amide bonds. The minimum atomic E-state index is -4.50. The zero-order valence-corrected chi connectivity index (χ0v) is 12.2. The molecule has 0 bridgehead atoms. The lowest BCUT2D eigenvalue weighted by molar-refractivity contribution is 0.313. The van der Waals surface area contributed by atoms with Gasteiger partial charge in [-0.2, -0.15) is 0 Å². The molecule has 0 aliphatic rings. The van der Waals surface area contributed by atoms with Crippen LogP contribution < -0.4 is 10.5 Å². The number of nitrogens with two attached hydrogens (primary N) is 1. The third-order valence-electron chi connectivity index (χ3n) is 3.30. The van der Waals surface area contributed by atoms with Crippen LogP contribution in [0.2, 0.25) is 0 Å². The van der Waals surface area contributed by atoms with Crippen LogP contribution in [0, 0.1) is 23.4 Å². The van der Waals surface area contributed by atoms with Gasteiger partial charge in [0, 0.05) is 24.2 Å². The van der Waals surface area contributed by atoms with Crippen molar-refractivity contribution < 1.29 is 21.6 Å². The van der Waals surface area contributed by atoms with E-state index in [2.05, 4.69) is 4.72 Å². The Morgan fingerprint density at radius 1 is 1.25 bits per heavy atom. The van der Waals surface area contributed by atoms with E-state index >= 15 is 0 Å². The van der Waals surface area contributed by atoms with Crippen LogP contribution in [0.5, 0.6) is 0 Å². The van der Waals surface area contributed by atoms with Gasteiger partial charge in [0.05, 0.1) is 0 Å². The van der Waals surface area contributed by atoms with E-state index in [0.717, 1.165) is 0 Å². The molecule has 8 heteroatoms. The molecule has 114 valence electrons. The van der Waals surface area contributed by atoms with E-state index in [9.17, 15) is 21.6 Å². The van der Waals surface area contributed by atoms with E-state index in [1.807, 2.05) is 0 Å². The van der Waals surface area contributed by atoms with Gasteiger partial charge in [-0.1, -0.05) is 13.8 Å².